The maximum absolute atomic E-state index is 11.8. The van der Waals surface area contributed by atoms with Gasteiger partial charge in [-0.1, -0.05) is 12.1 Å². The van der Waals surface area contributed by atoms with Crippen LogP contribution in [0.1, 0.15) is 25.1 Å². The Balaban J connectivity index is 2.30. The molecule has 1 rings (SSSR count). The van der Waals surface area contributed by atoms with Gasteiger partial charge in [0, 0.05) is 6.42 Å². The molecule has 8 heteroatoms. The summed E-state index contributed by atoms with van der Waals surface area (Å²) >= 11 is 0. The van der Waals surface area contributed by atoms with Crippen LogP contribution in [-0.2, 0) is 17.8 Å². The van der Waals surface area contributed by atoms with Crippen LogP contribution in [0.5, 0.6) is 0 Å². The van der Waals surface area contributed by atoms with Gasteiger partial charge < -0.3 is 15.0 Å². The minimum Gasteiger partial charge on any atom is -0.364 e. The second kappa shape index (κ2) is 6.69. The van der Waals surface area contributed by atoms with E-state index in [4.69, 9.17) is 10.3 Å². The van der Waals surface area contributed by atoms with Gasteiger partial charge in [-0.15, -0.1) is 0 Å². The summed E-state index contributed by atoms with van der Waals surface area (Å²) in [4.78, 5) is 3.93. The number of aromatic nitrogens is 2. The Labute approximate surface area is 102 Å². The predicted octanol–water partition coefficient (Wildman–Crippen LogP) is 1.68. The van der Waals surface area contributed by atoms with Gasteiger partial charge in [0.15, 0.2) is 5.82 Å². The molecule has 0 aromatic carbocycles. The molecule has 0 radical (unpaired) electrons. The molecule has 0 aliphatic carbocycles. The Kier molecular flexibility index (Phi) is 5.54. The summed E-state index contributed by atoms with van der Waals surface area (Å²) in [5, 5.41) is 3.53. The summed E-state index contributed by atoms with van der Waals surface area (Å²) in [6, 6.07) is 0. The number of hydrogen-bond donors (Lipinski definition) is 1. The van der Waals surface area contributed by atoms with Crippen molar-refractivity contribution >= 4 is 0 Å². The zero-order valence-electron chi connectivity index (χ0n) is 10.0. The van der Waals surface area contributed by atoms with Crippen molar-refractivity contribution in [3.05, 3.63) is 11.7 Å². The van der Waals surface area contributed by atoms with E-state index in [2.05, 4.69) is 14.9 Å². The number of ether oxygens (including phenoxy) is 1. The standard InChI is InChI=1S/C10H16F3N3O2/c1-7(4-14)2-3-9-15-8(16-18-9)5-17-6-10(11,12)13/h7H,2-6,14H2,1H3. The molecule has 1 aromatic heterocycles. The van der Waals surface area contributed by atoms with Crippen LogP contribution in [0.3, 0.4) is 0 Å². The van der Waals surface area contributed by atoms with Gasteiger partial charge >= 0.3 is 6.18 Å². The van der Waals surface area contributed by atoms with E-state index in [0.29, 0.717) is 24.8 Å². The molecule has 0 aliphatic heterocycles. The lowest BCUT2D eigenvalue weighted by atomic mass is 10.1. The third-order valence-corrected chi connectivity index (χ3v) is 2.26. The smallest absolute Gasteiger partial charge is 0.364 e. The number of hydrogen-bond acceptors (Lipinski definition) is 5. The van der Waals surface area contributed by atoms with Crippen molar-refractivity contribution in [2.24, 2.45) is 11.7 Å². The largest absolute Gasteiger partial charge is 0.411 e. The highest BCUT2D eigenvalue weighted by molar-refractivity contribution is 4.85. The van der Waals surface area contributed by atoms with Gasteiger partial charge in [-0.3, -0.25) is 0 Å². The first-order chi connectivity index (χ1) is 8.40. The molecule has 1 atom stereocenters. The first-order valence-electron chi connectivity index (χ1n) is 5.56. The maximum Gasteiger partial charge on any atom is 0.411 e. The van der Waals surface area contributed by atoms with Crippen LogP contribution in [0.25, 0.3) is 0 Å². The van der Waals surface area contributed by atoms with E-state index in [1.54, 1.807) is 0 Å². The van der Waals surface area contributed by atoms with Gasteiger partial charge in [0.25, 0.3) is 0 Å². The van der Waals surface area contributed by atoms with Crippen LogP contribution >= 0.6 is 0 Å². The SMILES string of the molecule is CC(CN)CCc1nc(COCC(F)(F)F)no1. The zero-order valence-corrected chi connectivity index (χ0v) is 10.0. The van der Waals surface area contributed by atoms with Crippen molar-refractivity contribution in [1.29, 1.82) is 0 Å². The van der Waals surface area contributed by atoms with Gasteiger partial charge in [0.1, 0.15) is 13.2 Å². The fourth-order valence-electron chi connectivity index (χ4n) is 1.20. The Bertz CT molecular complexity index is 354. The van der Waals surface area contributed by atoms with Crippen molar-refractivity contribution < 1.29 is 22.4 Å². The molecular formula is C10H16F3N3O2. The quantitative estimate of drug-likeness (QED) is 0.813. The third kappa shape index (κ3) is 5.97. The Morgan fingerprint density at radius 2 is 2.17 bits per heavy atom. The number of nitrogens with two attached hydrogens (primary N) is 1. The van der Waals surface area contributed by atoms with E-state index >= 15 is 0 Å². The average Bonchev–Trinajstić information content (AvgIpc) is 2.72. The van der Waals surface area contributed by atoms with Crippen molar-refractivity contribution in [3.8, 4) is 0 Å². The van der Waals surface area contributed by atoms with Crippen LogP contribution in [0.2, 0.25) is 0 Å². The third-order valence-electron chi connectivity index (χ3n) is 2.26. The Morgan fingerprint density at radius 3 is 2.78 bits per heavy atom. The molecule has 104 valence electrons. The van der Waals surface area contributed by atoms with Crippen molar-refractivity contribution in [2.75, 3.05) is 13.2 Å². The van der Waals surface area contributed by atoms with E-state index in [-0.39, 0.29) is 12.4 Å². The normalized spacial score (nSPS) is 13.8. The first kappa shape index (κ1) is 14.9. The molecule has 18 heavy (non-hydrogen) atoms. The Hall–Kier alpha value is -1.15. The number of alkyl halides is 3. The van der Waals surface area contributed by atoms with Crippen molar-refractivity contribution in [1.82, 2.24) is 10.1 Å². The summed E-state index contributed by atoms with van der Waals surface area (Å²) in [5.74, 6) is 0.845. The molecule has 0 saturated carbocycles. The lowest BCUT2D eigenvalue weighted by molar-refractivity contribution is -0.177. The lowest BCUT2D eigenvalue weighted by Crippen LogP contribution is -2.17. The highest BCUT2D eigenvalue weighted by Gasteiger charge is 2.27. The summed E-state index contributed by atoms with van der Waals surface area (Å²) in [7, 11) is 0. The fraction of sp³-hybridized carbons (Fsp3) is 0.800. The molecule has 0 spiro atoms. The van der Waals surface area contributed by atoms with Crippen molar-refractivity contribution in [2.45, 2.75) is 32.5 Å². The summed E-state index contributed by atoms with van der Waals surface area (Å²) in [6.45, 7) is 0.927. The second-order valence-corrected chi connectivity index (χ2v) is 4.09. The van der Waals surface area contributed by atoms with Crippen LogP contribution in [-0.4, -0.2) is 29.5 Å². The van der Waals surface area contributed by atoms with Crippen LogP contribution in [0.4, 0.5) is 13.2 Å². The Morgan fingerprint density at radius 1 is 1.44 bits per heavy atom. The molecular weight excluding hydrogens is 251 g/mol. The van der Waals surface area contributed by atoms with Gasteiger partial charge in [0.05, 0.1) is 0 Å². The lowest BCUT2D eigenvalue weighted by Gasteiger charge is -2.05. The second-order valence-electron chi connectivity index (χ2n) is 4.09. The van der Waals surface area contributed by atoms with Gasteiger partial charge in [-0.2, -0.15) is 18.2 Å². The van der Waals surface area contributed by atoms with Gasteiger partial charge in [-0.05, 0) is 18.9 Å². The summed E-state index contributed by atoms with van der Waals surface area (Å²) in [6.07, 6.45) is -2.99. The minimum atomic E-state index is -4.34. The van der Waals surface area contributed by atoms with Gasteiger partial charge in [-0.25, -0.2) is 0 Å². The van der Waals surface area contributed by atoms with E-state index in [1.165, 1.54) is 0 Å². The van der Waals surface area contributed by atoms with E-state index < -0.39 is 12.8 Å². The molecule has 1 aromatic rings. The van der Waals surface area contributed by atoms with Crippen LogP contribution in [0.15, 0.2) is 4.52 Å². The molecule has 0 fully saturated rings. The maximum atomic E-state index is 11.8. The molecule has 0 aliphatic rings. The number of halogens is 3. The molecule has 2 N–H and O–H groups in total. The fourth-order valence-corrected chi connectivity index (χ4v) is 1.20. The zero-order chi connectivity index (χ0) is 13.6. The highest BCUT2D eigenvalue weighted by Crippen LogP contribution is 2.15. The molecule has 0 bridgehead atoms. The number of nitrogens with zero attached hydrogens (tertiary/aromatic N) is 2. The van der Waals surface area contributed by atoms with E-state index in [0.717, 1.165) is 6.42 Å². The minimum absolute atomic E-state index is 0.120. The van der Waals surface area contributed by atoms with Crippen LogP contribution < -0.4 is 5.73 Å². The molecule has 1 unspecified atom stereocenters. The molecule has 0 saturated heterocycles. The number of rotatable bonds is 7. The summed E-state index contributed by atoms with van der Waals surface area (Å²) in [5.41, 5.74) is 5.45. The first-order valence-corrected chi connectivity index (χ1v) is 5.56. The number of aryl methyl sites for hydroxylation is 1. The molecule has 5 nitrogen and oxygen atoms in total. The predicted molar refractivity (Wildman–Crippen MR) is 56.5 cm³/mol. The topological polar surface area (TPSA) is 74.2 Å². The van der Waals surface area contributed by atoms with E-state index in [9.17, 15) is 13.2 Å². The van der Waals surface area contributed by atoms with E-state index in [1.807, 2.05) is 6.92 Å². The monoisotopic (exact) mass is 267 g/mol. The highest BCUT2D eigenvalue weighted by atomic mass is 19.4. The van der Waals surface area contributed by atoms with Gasteiger partial charge in [0.2, 0.25) is 5.89 Å². The molecule has 1 heterocycles. The summed E-state index contributed by atoms with van der Waals surface area (Å²) < 4.78 is 44.7. The van der Waals surface area contributed by atoms with Crippen LogP contribution in [0, 0.1) is 5.92 Å². The average molecular weight is 267 g/mol. The molecule has 0 amide bonds. The van der Waals surface area contributed by atoms with Crippen molar-refractivity contribution in [3.63, 3.8) is 0 Å².